The van der Waals surface area contributed by atoms with Gasteiger partial charge in [0.2, 0.25) is 0 Å². The van der Waals surface area contributed by atoms with E-state index in [0.29, 0.717) is 0 Å². The molecule has 0 aromatic heterocycles. The molecular formula is C20H34N4O2. The Bertz CT molecular complexity index is 573. The Morgan fingerprint density at radius 1 is 1.19 bits per heavy atom. The number of nitrogens with zero attached hydrogens (tertiary/aromatic N) is 2. The van der Waals surface area contributed by atoms with E-state index < -0.39 is 0 Å². The van der Waals surface area contributed by atoms with Crippen LogP contribution in [0.25, 0.3) is 0 Å². The Labute approximate surface area is 158 Å². The molecule has 0 bridgehead atoms. The van der Waals surface area contributed by atoms with Crippen LogP contribution in [0.1, 0.15) is 24.0 Å². The largest absolute Gasteiger partial charge is 0.496 e. The van der Waals surface area contributed by atoms with E-state index in [4.69, 9.17) is 9.47 Å². The molecule has 6 nitrogen and oxygen atoms in total. The van der Waals surface area contributed by atoms with Crippen molar-refractivity contribution in [3.63, 3.8) is 0 Å². The zero-order valence-corrected chi connectivity index (χ0v) is 16.7. The smallest absolute Gasteiger partial charge is 0.191 e. The molecule has 1 aromatic rings. The average Bonchev–Trinajstić information content (AvgIpc) is 3.48. The van der Waals surface area contributed by atoms with Crippen LogP contribution in [-0.4, -0.2) is 71.0 Å². The van der Waals surface area contributed by atoms with Gasteiger partial charge >= 0.3 is 0 Å². The molecule has 146 valence electrons. The Morgan fingerprint density at radius 3 is 2.62 bits per heavy atom. The number of aryl methyl sites for hydroxylation is 1. The molecule has 1 fully saturated rings. The molecule has 2 rings (SSSR count). The van der Waals surface area contributed by atoms with Gasteiger partial charge in [-0.2, -0.15) is 0 Å². The highest BCUT2D eigenvalue weighted by molar-refractivity contribution is 5.79. The van der Waals surface area contributed by atoms with Crippen LogP contribution in [0.2, 0.25) is 0 Å². The monoisotopic (exact) mass is 362 g/mol. The molecule has 1 aromatic carbocycles. The van der Waals surface area contributed by atoms with Crippen molar-refractivity contribution in [2.75, 3.05) is 54.1 Å². The van der Waals surface area contributed by atoms with Gasteiger partial charge in [-0.25, -0.2) is 0 Å². The molecule has 1 saturated carbocycles. The molecule has 0 amide bonds. The van der Waals surface area contributed by atoms with E-state index in [2.05, 4.69) is 39.6 Å². The highest BCUT2D eigenvalue weighted by atomic mass is 16.5. The summed E-state index contributed by atoms with van der Waals surface area (Å²) in [6, 6.07) is 7.03. The van der Waals surface area contributed by atoms with Gasteiger partial charge in [0.1, 0.15) is 5.75 Å². The first-order valence-corrected chi connectivity index (χ1v) is 9.49. The summed E-state index contributed by atoms with van der Waals surface area (Å²) in [4.78, 5) is 6.82. The second-order valence-corrected chi connectivity index (χ2v) is 6.75. The molecule has 0 spiro atoms. The number of methoxy groups -OCH3 is 2. The fourth-order valence-electron chi connectivity index (χ4n) is 3.08. The predicted molar refractivity (Wildman–Crippen MR) is 107 cm³/mol. The molecule has 6 heteroatoms. The van der Waals surface area contributed by atoms with Gasteiger partial charge in [0.15, 0.2) is 5.96 Å². The minimum Gasteiger partial charge on any atom is -0.496 e. The van der Waals surface area contributed by atoms with E-state index in [9.17, 15) is 0 Å². The number of guanidine groups is 1. The number of hydrogen-bond acceptors (Lipinski definition) is 4. The Hall–Kier alpha value is -1.79. The number of ether oxygens (including phenoxy) is 2. The lowest BCUT2D eigenvalue weighted by Gasteiger charge is -2.22. The summed E-state index contributed by atoms with van der Waals surface area (Å²) in [6.45, 7) is 6.61. The molecule has 1 aliphatic carbocycles. The third-order valence-corrected chi connectivity index (χ3v) is 4.68. The minimum atomic E-state index is 0.746. The molecule has 2 N–H and O–H groups in total. The van der Waals surface area contributed by atoms with Crippen LogP contribution in [-0.2, 0) is 11.2 Å². The predicted octanol–water partition coefficient (Wildman–Crippen LogP) is 1.82. The van der Waals surface area contributed by atoms with Crippen molar-refractivity contribution < 1.29 is 9.47 Å². The van der Waals surface area contributed by atoms with Gasteiger partial charge in [-0.15, -0.1) is 0 Å². The summed E-state index contributed by atoms with van der Waals surface area (Å²) in [5.41, 5.74) is 2.47. The van der Waals surface area contributed by atoms with E-state index in [1.807, 2.05) is 13.1 Å². The molecule has 26 heavy (non-hydrogen) atoms. The van der Waals surface area contributed by atoms with Gasteiger partial charge in [0, 0.05) is 46.4 Å². The van der Waals surface area contributed by atoms with Gasteiger partial charge in [0.25, 0.3) is 0 Å². The average molecular weight is 363 g/mol. The second-order valence-electron chi connectivity index (χ2n) is 6.75. The standard InChI is InChI=1S/C20H34N4O2/c1-16-5-8-19(26-4)17(15-16)9-10-22-20(21-2)23-11-12-24(13-14-25-3)18-6-7-18/h5,8,15,18H,6-7,9-14H2,1-4H3,(H2,21,22,23). The summed E-state index contributed by atoms with van der Waals surface area (Å²) < 4.78 is 10.7. The summed E-state index contributed by atoms with van der Waals surface area (Å²) in [7, 11) is 5.29. The van der Waals surface area contributed by atoms with E-state index in [1.54, 1.807) is 14.2 Å². The number of benzene rings is 1. The molecule has 0 unspecified atom stereocenters. The van der Waals surface area contributed by atoms with Crippen LogP contribution in [0.4, 0.5) is 0 Å². The van der Waals surface area contributed by atoms with Crippen LogP contribution >= 0.6 is 0 Å². The lowest BCUT2D eigenvalue weighted by molar-refractivity contribution is 0.144. The quantitative estimate of drug-likeness (QED) is 0.465. The molecule has 0 radical (unpaired) electrons. The summed E-state index contributed by atoms with van der Waals surface area (Å²) in [5.74, 6) is 1.79. The summed E-state index contributed by atoms with van der Waals surface area (Å²) in [5, 5.41) is 6.80. The van der Waals surface area contributed by atoms with Crippen LogP contribution in [0.15, 0.2) is 23.2 Å². The Kier molecular flexibility index (Phi) is 8.71. The number of aliphatic imine (C=N–C) groups is 1. The lowest BCUT2D eigenvalue weighted by atomic mass is 10.1. The van der Waals surface area contributed by atoms with Crippen LogP contribution in [0, 0.1) is 6.92 Å². The molecule has 0 saturated heterocycles. The summed E-state index contributed by atoms with van der Waals surface area (Å²) in [6.07, 6.45) is 3.53. The first-order chi connectivity index (χ1) is 12.7. The maximum atomic E-state index is 5.45. The van der Waals surface area contributed by atoms with E-state index in [1.165, 1.54) is 24.0 Å². The Balaban J connectivity index is 1.71. The SMILES string of the molecule is CN=C(NCCc1cc(C)ccc1OC)NCCN(CCOC)C1CC1. The number of rotatable bonds is 11. The molecule has 0 aliphatic heterocycles. The fraction of sp³-hybridized carbons (Fsp3) is 0.650. The van der Waals surface area contributed by atoms with Crippen LogP contribution < -0.4 is 15.4 Å². The van der Waals surface area contributed by atoms with Crippen molar-refractivity contribution in [1.29, 1.82) is 0 Å². The highest BCUT2D eigenvalue weighted by Gasteiger charge is 2.28. The maximum absolute atomic E-state index is 5.45. The first-order valence-electron chi connectivity index (χ1n) is 9.49. The van der Waals surface area contributed by atoms with E-state index >= 15 is 0 Å². The lowest BCUT2D eigenvalue weighted by Crippen LogP contribution is -2.43. The van der Waals surface area contributed by atoms with Crippen molar-refractivity contribution in [3.05, 3.63) is 29.3 Å². The van der Waals surface area contributed by atoms with Crippen molar-refractivity contribution in [3.8, 4) is 5.75 Å². The second kappa shape index (κ2) is 11.0. The third kappa shape index (κ3) is 6.84. The first kappa shape index (κ1) is 20.5. The molecule has 0 heterocycles. The molecule has 1 aliphatic rings. The van der Waals surface area contributed by atoms with Crippen molar-refractivity contribution in [2.45, 2.75) is 32.2 Å². The zero-order valence-electron chi connectivity index (χ0n) is 16.7. The van der Waals surface area contributed by atoms with Gasteiger partial charge in [0.05, 0.1) is 13.7 Å². The summed E-state index contributed by atoms with van der Waals surface area (Å²) >= 11 is 0. The number of nitrogens with one attached hydrogen (secondary N) is 2. The fourth-order valence-corrected chi connectivity index (χ4v) is 3.08. The van der Waals surface area contributed by atoms with Crippen molar-refractivity contribution >= 4 is 5.96 Å². The molecule has 0 atom stereocenters. The van der Waals surface area contributed by atoms with Crippen LogP contribution in [0.5, 0.6) is 5.75 Å². The van der Waals surface area contributed by atoms with Crippen LogP contribution in [0.3, 0.4) is 0 Å². The van der Waals surface area contributed by atoms with Crippen molar-refractivity contribution in [1.82, 2.24) is 15.5 Å². The third-order valence-electron chi connectivity index (χ3n) is 4.68. The van der Waals surface area contributed by atoms with Gasteiger partial charge in [-0.1, -0.05) is 17.7 Å². The van der Waals surface area contributed by atoms with Gasteiger partial charge in [-0.3, -0.25) is 9.89 Å². The van der Waals surface area contributed by atoms with E-state index in [0.717, 1.165) is 57.0 Å². The molecular weight excluding hydrogens is 328 g/mol. The van der Waals surface area contributed by atoms with Crippen molar-refractivity contribution in [2.24, 2.45) is 4.99 Å². The maximum Gasteiger partial charge on any atom is 0.191 e. The highest BCUT2D eigenvalue weighted by Crippen LogP contribution is 2.26. The Morgan fingerprint density at radius 2 is 1.96 bits per heavy atom. The minimum absolute atomic E-state index is 0.746. The van der Waals surface area contributed by atoms with E-state index in [-0.39, 0.29) is 0 Å². The zero-order chi connectivity index (χ0) is 18.8. The van der Waals surface area contributed by atoms with Gasteiger partial charge < -0.3 is 20.1 Å². The van der Waals surface area contributed by atoms with Gasteiger partial charge in [-0.05, 0) is 37.8 Å². The number of hydrogen-bond donors (Lipinski definition) is 2. The normalized spacial score (nSPS) is 14.6. The topological polar surface area (TPSA) is 58.1 Å².